The number of halogens is 2. The highest BCUT2D eigenvalue weighted by Gasteiger charge is 2.05. The average Bonchev–Trinajstić information content (AvgIpc) is 2.61. The maximum Gasteiger partial charge on any atom is 0.277 e. The number of carbonyl (C=O) groups excluding carboxylic acids is 1. The van der Waals surface area contributed by atoms with Crippen LogP contribution < -0.4 is 10.2 Å². The van der Waals surface area contributed by atoms with E-state index >= 15 is 0 Å². The van der Waals surface area contributed by atoms with E-state index in [1.165, 1.54) is 12.3 Å². The first-order chi connectivity index (χ1) is 12.1. The van der Waals surface area contributed by atoms with Crippen LogP contribution in [0.4, 0.5) is 0 Å². The van der Waals surface area contributed by atoms with Crippen LogP contribution in [0.5, 0.6) is 5.75 Å². The van der Waals surface area contributed by atoms with E-state index in [2.05, 4.69) is 20.5 Å². The van der Waals surface area contributed by atoms with Gasteiger partial charge in [-0.3, -0.25) is 14.8 Å². The predicted molar refractivity (Wildman–Crippen MR) is 97.2 cm³/mol. The van der Waals surface area contributed by atoms with Crippen molar-refractivity contribution in [3.63, 3.8) is 0 Å². The van der Waals surface area contributed by atoms with Crippen molar-refractivity contribution in [1.82, 2.24) is 15.4 Å². The Labute approximate surface area is 153 Å². The third kappa shape index (κ3) is 4.65. The summed E-state index contributed by atoms with van der Waals surface area (Å²) in [6.45, 7) is -0.220. The van der Waals surface area contributed by atoms with Crippen LogP contribution >= 0.6 is 23.2 Å². The van der Waals surface area contributed by atoms with Gasteiger partial charge in [-0.25, -0.2) is 5.43 Å². The zero-order chi connectivity index (χ0) is 17.6. The lowest BCUT2D eigenvalue weighted by Crippen LogP contribution is -2.24. The molecule has 2 aromatic carbocycles. The second kappa shape index (κ2) is 7.92. The number of nitrogens with one attached hydrogen (secondary N) is 1. The van der Waals surface area contributed by atoms with E-state index in [0.717, 1.165) is 16.6 Å². The predicted octanol–water partition coefficient (Wildman–Crippen LogP) is 3.47. The molecule has 0 aliphatic heterocycles. The standard InChI is InChI=1S/C17H12Cl2N4O2/c18-12-2-4-16(13(19)8-12)25-10-17(24)23-22-9-11-1-3-14-15(7-11)21-6-5-20-14/h1-9H,10H2,(H,23,24)/b22-9-. The molecular weight excluding hydrogens is 363 g/mol. The van der Waals surface area contributed by atoms with Gasteiger partial charge in [0.05, 0.1) is 22.3 Å². The molecule has 0 aliphatic rings. The van der Waals surface area contributed by atoms with Crippen molar-refractivity contribution in [2.45, 2.75) is 0 Å². The van der Waals surface area contributed by atoms with E-state index in [9.17, 15) is 4.79 Å². The largest absolute Gasteiger partial charge is 0.482 e. The second-order valence-electron chi connectivity index (χ2n) is 4.96. The van der Waals surface area contributed by atoms with Crippen molar-refractivity contribution >= 4 is 46.4 Å². The molecular formula is C17H12Cl2N4O2. The number of fused-ring (bicyclic) bond motifs is 1. The van der Waals surface area contributed by atoms with Crippen LogP contribution in [0.3, 0.4) is 0 Å². The average molecular weight is 375 g/mol. The van der Waals surface area contributed by atoms with Crippen molar-refractivity contribution in [2.24, 2.45) is 5.10 Å². The molecule has 126 valence electrons. The molecule has 0 spiro atoms. The Hall–Kier alpha value is -2.70. The summed E-state index contributed by atoms with van der Waals surface area (Å²) in [4.78, 5) is 20.1. The van der Waals surface area contributed by atoms with Crippen LogP contribution in [-0.2, 0) is 4.79 Å². The number of amides is 1. The highest BCUT2D eigenvalue weighted by atomic mass is 35.5. The molecule has 3 rings (SSSR count). The molecule has 1 N–H and O–H groups in total. The quantitative estimate of drug-likeness (QED) is 0.547. The van der Waals surface area contributed by atoms with Gasteiger partial charge >= 0.3 is 0 Å². The highest BCUT2D eigenvalue weighted by Crippen LogP contribution is 2.27. The molecule has 8 heteroatoms. The lowest BCUT2D eigenvalue weighted by atomic mass is 10.2. The Balaban J connectivity index is 1.54. The van der Waals surface area contributed by atoms with Crippen molar-refractivity contribution < 1.29 is 9.53 Å². The fraction of sp³-hybridized carbons (Fsp3) is 0.0588. The Morgan fingerprint density at radius 3 is 2.72 bits per heavy atom. The molecule has 1 amide bonds. The van der Waals surface area contributed by atoms with Crippen LogP contribution in [-0.4, -0.2) is 28.7 Å². The fourth-order valence-corrected chi connectivity index (χ4v) is 2.47. The smallest absolute Gasteiger partial charge is 0.277 e. The summed E-state index contributed by atoms with van der Waals surface area (Å²) in [6, 6.07) is 10.2. The van der Waals surface area contributed by atoms with E-state index in [-0.39, 0.29) is 6.61 Å². The number of nitrogens with zero attached hydrogens (tertiary/aromatic N) is 3. The maximum atomic E-state index is 11.8. The molecule has 1 heterocycles. The first kappa shape index (κ1) is 17.1. The Morgan fingerprint density at radius 1 is 1.12 bits per heavy atom. The van der Waals surface area contributed by atoms with Gasteiger partial charge < -0.3 is 4.74 Å². The molecule has 0 radical (unpaired) electrons. The molecule has 0 fully saturated rings. The monoisotopic (exact) mass is 374 g/mol. The van der Waals surface area contributed by atoms with E-state index in [0.29, 0.717) is 15.8 Å². The van der Waals surface area contributed by atoms with Gasteiger partial charge in [-0.05, 0) is 35.9 Å². The molecule has 3 aromatic rings. The zero-order valence-corrected chi connectivity index (χ0v) is 14.3. The summed E-state index contributed by atoms with van der Waals surface area (Å²) in [6.07, 6.45) is 4.76. The van der Waals surface area contributed by atoms with Crippen molar-refractivity contribution in [2.75, 3.05) is 6.61 Å². The molecule has 0 saturated heterocycles. The number of benzene rings is 2. The number of aromatic nitrogens is 2. The van der Waals surface area contributed by atoms with Crippen LogP contribution in [0, 0.1) is 0 Å². The van der Waals surface area contributed by atoms with Crippen LogP contribution in [0.15, 0.2) is 53.9 Å². The summed E-state index contributed by atoms with van der Waals surface area (Å²) in [7, 11) is 0. The molecule has 0 bridgehead atoms. The van der Waals surface area contributed by atoms with Gasteiger partial charge in [0.2, 0.25) is 0 Å². The minimum atomic E-state index is -0.414. The summed E-state index contributed by atoms with van der Waals surface area (Å²) >= 11 is 11.8. The molecule has 6 nitrogen and oxygen atoms in total. The fourth-order valence-electron chi connectivity index (χ4n) is 2.01. The Bertz CT molecular complexity index is 947. The van der Waals surface area contributed by atoms with Crippen LogP contribution in [0.1, 0.15) is 5.56 Å². The molecule has 0 atom stereocenters. The van der Waals surface area contributed by atoms with E-state index in [1.807, 2.05) is 18.2 Å². The highest BCUT2D eigenvalue weighted by molar-refractivity contribution is 6.35. The number of hydrogen-bond acceptors (Lipinski definition) is 5. The number of carbonyl (C=O) groups is 1. The molecule has 0 saturated carbocycles. The SMILES string of the molecule is O=C(COc1ccc(Cl)cc1Cl)N/N=C\c1ccc2nccnc2c1. The van der Waals surface area contributed by atoms with Gasteiger partial charge in [-0.1, -0.05) is 29.3 Å². The maximum absolute atomic E-state index is 11.8. The van der Waals surface area contributed by atoms with Gasteiger partial charge in [0.25, 0.3) is 5.91 Å². The van der Waals surface area contributed by atoms with E-state index < -0.39 is 5.91 Å². The zero-order valence-electron chi connectivity index (χ0n) is 12.8. The summed E-state index contributed by atoms with van der Waals surface area (Å²) in [5, 5.41) is 4.72. The first-order valence-corrected chi connectivity index (χ1v) is 7.98. The number of rotatable bonds is 5. The molecule has 0 unspecified atom stereocenters. The number of ether oxygens (including phenoxy) is 1. The number of hydrogen-bond donors (Lipinski definition) is 1. The van der Waals surface area contributed by atoms with Crippen molar-refractivity contribution in [1.29, 1.82) is 0 Å². The normalized spacial score (nSPS) is 11.0. The minimum absolute atomic E-state index is 0.220. The van der Waals surface area contributed by atoms with Gasteiger partial charge in [-0.2, -0.15) is 5.10 Å². The number of hydrazone groups is 1. The molecule has 25 heavy (non-hydrogen) atoms. The van der Waals surface area contributed by atoms with E-state index in [1.54, 1.807) is 24.5 Å². The van der Waals surface area contributed by atoms with E-state index in [4.69, 9.17) is 27.9 Å². The van der Waals surface area contributed by atoms with Crippen molar-refractivity contribution in [3.05, 3.63) is 64.4 Å². The van der Waals surface area contributed by atoms with Gasteiger partial charge in [0.1, 0.15) is 5.75 Å². The van der Waals surface area contributed by atoms with Crippen molar-refractivity contribution in [3.8, 4) is 5.75 Å². The Morgan fingerprint density at radius 2 is 1.92 bits per heavy atom. The Kier molecular flexibility index (Phi) is 5.42. The topological polar surface area (TPSA) is 76.5 Å². The third-order valence-electron chi connectivity index (χ3n) is 3.15. The van der Waals surface area contributed by atoms with Gasteiger partial charge in [0.15, 0.2) is 6.61 Å². The molecule has 0 aliphatic carbocycles. The third-order valence-corrected chi connectivity index (χ3v) is 3.68. The second-order valence-corrected chi connectivity index (χ2v) is 5.80. The summed E-state index contributed by atoms with van der Waals surface area (Å²) in [5.74, 6) is -0.0406. The van der Waals surface area contributed by atoms with Gasteiger partial charge in [0, 0.05) is 17.4 Å². The summed E-state index contributed by atoms with van der Waals surface area (Å²) < 4.78 is 5.32. The lowest BCUT2D eigenvalue weighted by molar-refractivity contribution is -0.123. The minimum Gasteiger partial charge on any atom is -0.482 e. The van der Waals surface area contributed by atoms with Gasteiger partial charge in [-0.15, -0.1) is 0 Å². The molecule has 1 aromatic heterocycles. The lowest BCUT2D eigenvalue weighted by Gasteiger charge is -2.07. The van der Waals surface area contributed by atoms with Crippen LogP contribution in [0.2, 0.25) is 10.0 Å². The van der Waals surface area contributed by atoms with Crippen LogP contribution in [0.25, 0.3) is 11.0 Å². The first-order valence-electron chi connectivity index (χ1n) is 7.22. The summed E-state index contributed by atoms with van der Waals surface area (Å²) in [5.41, 5.74) is 4.71.